The van der Waals surface area contributed by atoms with Gasteiger partial charge < -0.3 is 0 Å². The first-order chi connectivity index (χ1) is 7.43. The molecule has 0 aromatic heterocycles. The van der Waals surface area contributed by atoms with Gasteiger partial charge in [-0.05, 0) is 18.4 Å². The van der Waals surface area contributed by atoms with Crippen molar-refractivity contribution in [3.63, 3.8) is 0 Å². The van der Waals surface area contributed by atoms with Crippen LogP contribution in [0.5, 0.6) is 0 Å². The summed E-state index contributed by atoms with van der Waals surface area (Å²) < 4.78 is 0. The third-order valence-corrected chi connectivity index (χ3v) is 2.43. The number of carbonyl (C=O) groups is 1. The molecular formula is C12H15NO3. The molecule has 1 rings (SSSR count). The Morgan fingerprint density at radius 2 is 2.06 bits per heavy atom. The first kappa shape index (κ1) is 12.4. The Bertz CT molecular complexity index is 424. The zero-order valence-corrected chi connectivity index (χ0v) is 9.69. The standard InChI is InChI=1S/C12H15NO3/c1-8(2)10-5-4-6-12(13(15)16)11(10)7-9(3)14/h4-6,8H,7H2,1-3H3. The Labute approximate surface area is 94.4 Å². The molecule has 0 fully saturated rings. The molecule has 16 heavy (non-hydrogen) atoms. The Morgan fingerprint density at radius 1 is 1.44 bits per heavy atom. The van der Waals surface area contributed by atoms with E-state index in [0.29, 0.717) is 5.56 Å². The van der Waals surface area contributed by atoms with Gasteiger partial charge in [0.2, 0.25) is 0 Å². The van der Waals surface area contributed by atoms with Crippen LogP contribution in [0.25, 0.3) is 0 Å². The lowest BCUT2D eigenvalue weighted by atomic mass is 9.93. The lowest BCUT2D eigenvalue weighted by Gasteiger charge is -2.11. The quantitative estimate of drug-likeness (QED) is 0.580. The van der Waals surface area contributed by atoms with Crippen molar-refractivity contribution in [3.05, 3.63) is 39.4 Å². The van der Waals surface area contributed by atoms with Gasteiger partial charge in [-0.1, -0.05) is 26.0 Å². The summed E-state index contributed by atoms with van der Waals surface area (Å²) >= 11 is 0. The summed E-state index contributed by atoms with van der Waals surface area (Å²) in [5.41, 5.74) is 1.47. The molecule has 0 aliphatic carbocycles. The van der Waals surface area contributed by atoms with Crippen molar-refractivity contribution < 1.29 is 9.72 Å². The van der Waals surface area contributed by atoms with Crippen LogP contribution < -0.4 is 0 Å². The fraction of sp³-hybridized carbons (Fsp3) is 0.417. The number of nitro groups is 1. The van der Waals surface area contributed by atoms with E-state index in [2.05, 4.69) is 0 Å². The number of Topliss-reactive ketones (excluding diaryl/α,β-unsaturated/α-hetero) is 1. The van der Waals surface area contributed by atoms with Gasteiger partial charge in [0, 0.05) is 18.1 Å². The zero-order chi connectivity index (χ0) is 12.3. The molecule has 1 aromatic rings. The van der Waals surface area contributed by atoms with E-state index in [4.69, 9.17) is 0 Å². The van der Waals surface area contributed by atoms with E-state index in [-0.39, 0.29) is 23.8 Å². The molecule has 0 aliphatic heterocycles. The first-order valence-corrected chi connectivity index (χ1v) is 5.19. The topological polar surface area (TPSA) is 60.2 Å². The van der Waals surface area contributed by atoms with Crippen LogP contribution >= 0.6 is 0 Å². The fourth-order valence-electron chi connectivity index (χ4n) is 1.75. The van der Waals surface area contributed by atoms with Crippen LogP contribution in [0, 0.1) is 10.1 Å². The molecule has 1 aromatic carbocycles. The minimum Gasteiger partial charge on any atom is -0.300 e. The second-order valence-corrected chi connectivity index (χ2v) is 4.14. The minimum atomic E-state index is -0.426. The largest absolute Gasteiger partial charge is 0.300 e. The molecule has 0 N–H and O–H groups in total. The highest BCUT2D eigenvalue weighted by Gasteiger charge is 2.19. The van der Waals surface area contributed by atoms with Crippen molar-refractivity contribution >= 4 is 11.5 Å². The molecule has 4 nitrogen and oxygen atoms in total. The third kappa shape index (κ3) is 2.66. The van der Waals surface area contributed by atoms with Gasteiger partial charge in [0.1, 0.15) is 5.78 Å². The average Bonchev–Trinajstić information content (AvgIpc) is 2.16. The highest BCUT2D eigenvalue weighted by Crippen LogP contribution is 2.28. The van der Waals surface area contributed by atoms with E-state index in [1.807, 2.05) is 19.9 Å². The van der Waals surface area contributed by atoms with E-state index < -0.39 is 4.92 Å². The number of rotatable bonds is 4. The van der Waals surface area contributed by atoms with Gasteiger partial charge >= 0.3 is 0 Å². The van der Waals surface area contributed by atoms with Crippen LogP contribution in [0.2, 0.25) is 0 Å². The van der Waals surface area contributed by atoms with Gasteiger partial charge in [-0.2, -0.15) is 0 Å². The van der Waals surface area contributed by atoms with Gasteiger partial charge in [0.05, 0.1) is 4.92 Å². The molecule has 0 amide bonds. The van der Waals surface area contributed by atoms with E-state index in [9.17, 15) is 14.9 Å². The summed E-state index contributed by atoms with van der Waals surface area (Å²) in [5, 5.41) is 10.9. The van der Waals surface area contributed by atoms with Crippen molar-refractivity contribution in [2.45, 2.75) is 33.1 Å². The molecule has 0 atom stereocenters. The number of hydrogen-bond donors (Lipinski definition) is 0. The second-order valence-electron chi connectivity index (χ2n) is 4.14. The normalized spacial score (nSPS) is 10.5. The number of ketones is 1. The predicted octanol–water partition coefficient (Wildman–Crippen LogP) is 2.85. The number of hydrogen-bond acceptors (Lipinski definition) is 3. The molecule has 0 aliphatic rings. The van der Waals surface area contributed by atoms with Crippen LogP contribution in [0.4, 0.5) is 5.69 Å². The van der Waals surface area contributed by atoms with Crippen LogP contribution in [0.15, 0.2) is 18.2 Å². The average molecular weight is 221 g/mol. The van der Waals surface area contributed by atoms with Crippen molar-refractivity contribution in [2.75, 3.05) is 0 Å². The maximum absolute atomic E-state index is 11.1. The number of benzene rings is 1. The lowest BCUT2D eigenvalue weighted by molar-refractivity contribution is -0.385. The summed E-state index contributed by atoms with van der Waals surface area (Å²) in [6.45, 7) is 5.37. The smallest absolute Gasteiger partial charge is 0.273 e. The first-order valence-electron chi connectivity index (χ1n) is 5.19. The van der Waals surface area contributed by atoms with Crippen LogP contribution in [-0.2, 0) is 11.2 Å². The SMILES string of the molecule is CC(=O)Cc1c(C(C)C)cccc1[N+](=O)[O-]. The maximum Gasteiger partial charge on any atom is 0.273 e. The van der Waals surface area contributed by atoms with Crippen LogP contribution in [-0.4, -0.2) is 10.7 Å². The third-order valence-electron chi connectivity index (χ3n) is 2.43. The van der Waals surface area contributed by atoms with Gasteiger partial charge in [0.15, 0.2) is 0 Å². The summed E-state index contributed by atoms with van der Waals surface area (Å²) in [5.74, 6) is 0.116. The fourth-order valence-corrected chi connectivity index (χ4v) is 1.75. The second kappa shape index (κ2) is 4.88. The van der Waals surface area contributed by atoms with Crippen molar-refractivity contribution in [2.24, 2.45) is 0 Å². The summed E-state index contributed by atoms with van der Waals surface area (Å²) in [6, 6.07) is 4.96. The van der Waals surface area contributed by atoms with Crippen LogP contribution in [0.1, 0.15) is 37.8 Å². The Balaban J connectivity index is 3.34. The Kier molecular flexibility index (Phi) is 3.77. The molecule has 0 bridgehead atoms. The van der Waals surface area contributed by atoms with E-state index in [1.54, 1.807) is 6.07 Å². The lowest BCUT2D eigenvalue weighted by Crippen LogP contribution is -2.06. The number of nitro benzene ring substituents is 1. The number of carbonyl (C=O) groups excluding carboxylic acids is 1. The highest BCUT2D eigenvalue weighted by molar-refractivity contribution is 5.80. The van der Waals surface area contributed by atoms with Gasteiger partial charge in [-0.25, -0.2) is 0 Å². The van der Waals surface area contributed by atoms with E-state index in [1.165, 1.54) is 13.0 Å². The number of nitrogens with zero attached hydrogens (tertiary/aromatic N) is 1. The van der Waals surface area contributed by atoms with Crippen LogP contribution in [0.3, 0.4) is 0 Å². The summed E-state index contributed by atoms with van der Waals surface area (Å²) in [7, 11) is 0. The maximum atomic E-state index is 11.1. The molecule has 0 saturated carbocycles. The minimum absolute atomic E-state index is 0.0430. The molecule has 0 saturated heterocycles. The molecule has 0 unspecified atom stereocenters. The molecule has 86 valence electrons. The summed E-state index contributed by atoms with van der Waals surface area (Å²) in [4.78, 5) is 21.6. The van der Waals surface area contributed by atoms with E-state index in [0.717, 1.165) is 5.56 Å². The van der Waals surface area contributed by atoms with Crippen molar-refractivity contribution in [3.8, 4) is 0 Å². The van der Waals surface area contributed by atoms with Crippen molar-refractivity contribution in [1.29, 1.82) is 0 Å². The van der Waals surface area contributed by atoms with Gasteiger partial charge in [-0.3, -0.25) is 14.9 Å². The molecular weight excluding hydrogens is 206 g/mol. The van der Waals surface area contributed by atoms with Gasteiger partial charge in [-0.15, -0.1) is 0 Å². The highest BCUT2D eigenvalue weighted by atomic mass is 16.6. The predicted molar refractivity (Wildman–Crippen MR) is 61.6 cm³/mol. The molecule has 0 spiro atoms. The van der Waals surface area contributed by atoms with Crippen molar-refractivity contribution in [1.82, 2.24) is 0 Å². The summed E-state index contributed by atoms with van der Waals surface area (Å²) in [6.07, 6.45) is 0.130. The zero-order valence-electron chi connectivity index (χ0n) is 9.69. The van der Waals surface area contributed by atoms with Gasteiger partial charge in [0.25, 0.3) is 5.69 Å². The Hall–Kier alpha value is -1.71. The molecule has 0 heterocycles. The molecule has 0 radical (unpaired) electrons. The van der Waals surface area contributed by atoms with E-state index >= 15 is 0 Å². The molecule has 4 heteroatoms. The Morgan fingerprint density at radius 3 is 2.50 bits per heavy atom. The monoisotopic (exact) mass is 221 g/mol.